The maximum atomic E-state index is 10.6. The minimum absolute atomic E-state index is 0.603. The van der Waals surface area contributed by atoms with E-state index in [4.69, 9.17) is 5.73 Å². The molecule has 0 fully saturated rings. The zero-order valence-electron chi connectivity index (χ0n) is 12.1. The van der Waals surface area contributed by atoms with Crippen LogP contribution in [-0.2, 0) is 0 Å². The Balaban J connectivity index is 2.16. The molecule has 22 heavy (non-hydrogen) atoms. The van der Waals surface area contributed by atoms with E-state index in [0.717, 1.165) is 21.2 Å². The van der Waals surface area contributed by atoms with Crippen LogP contribution in [-0.4, -0.2) is 34.6 Å². The number of aliphatic hydroxyl groups excluding tert-OH is 1. The van der Waals surface area contributed by atoms with E-state index in [9.17, 15) is 5.11 Å². The summed E-state index contributed by atoms with van der Waals surface area (Å²) in [5, 5.41) is 11.3. The molecular formula is C15H15BrN4OS. The molecule has 0 bridgehead atoms. The largest absolute Gasteiger partial charge is 0.397 e. The Bertz CT molecular complexity index is 765. The van der Waals surface area contributed by atoms with E-state index < -0.39 is 6.23 Å². The predicted molar refractivity (Wildman–Crippen MR) is 94.6 cm³/mol. The molecule has 1 unspecified atom stereocenters. The molecule has 2 heterocycles. The van der Waals surface area contributed by atoms with E-state index in [2.05, 4.69) is 25.9 Å². The van der Waals surface area contributed by atoms with Crippen molar-refractivity contribution >= 4 is 50.8 Å². The third-order valence-corrected chi connectivity index (χ3v) is 4.86. The summed E-state index contributed by atoms with van der Waals surface area (Å²) in [5.74, 6) is 0.712. The van der Waals surface area contributed by atoms with E-state index in [1.165, 1.54) is 11.8 Å². The summed E-state index contributed by atoms with van der Waals surface area (Å²) >= 11 is 4.89. The van der Waals surface area contributed by atoms with Crippen LogP contribution in [0.25, 0.3) is 11.6 Å². The van der Waals surface area contributed by atoms with Crippen LogP contribution in [0, 0.1) is 0 Å². The Labute approximate surface area is 141 Å². The number of thioether (sulfide) groups is 1. The van der Waals surface area contributed by atoms with Gasteiger partial charge in [0, 0.05) is 34.4 Å². The second kappa shape index (κ2) is 5.91. The topological polar surface area (TPSA) is 75.3 Å². The van der Waals surface area contributed by atoms with Crippen molar-refractivity contribution in [2.75, 3.05) is 23.9 Å². The maximum absolute atomic E-state index is 10.6. The first-order valence-electron chi connectivity index (χ1n) is 6.60. The number of benzene rings is 1. The first-order valence-corrected chi connectivity index (χ1v) is 8.62. The van der Waals surface area contributed by atoms with Crippen LogP contribution in [0.15, 0.2) is 34.0 Å². The maximum Gasteiger partial charge on any atom is 0.189 e. The fraction of sp³-hybridized carbons (Fsp3) is 0.200. The summed E-state index contributed by atoms with van der Waals surface area (Å²) in [6.45, 7) is 0. The van der Waals surface area contributed by atoms with E-state index in [0.29, 0.717) is 16.7 Å². The van der Waals surface area contributed by atoms with E-state index >= 15 is 0 Å². The first-order chi connectivity index (χ1) is 10.5. The Hall–Kier alpha value is -1.57. The molecule has 2 aromatic rings. The van der Waals surface area contributed by atoms with Crippen LogP contribution in [0.4, 0.5) is 11.5 Å². The SMILES string of the molecule is CSc1ncc2c(n1)N(C)C(O)C(c1cccc(Br)c1N)=C2. The van der Waals surface area contributed by atoms with Gasteiger partial charge in [0.15, 0.2) is 11.4 Å². The standard InChI is InChI=1S/C15H15BrN4OS/c1-20-13-8(7-18-15(19-13)22-2)6-10(14(20)21)9-4-3-5-11(16)12(9)17/h3-7,14,21H,17H2,1-2H3. The molecule has 1 aromatic carbocycles. The van der Waals surface area contributed by atoms with Gasteiger partial charge in [0.2, 0.25) is 0 Å². The van der Waals surface area contributed by atoms with Gasteiger partial charge in [-0.25, -0.2) is 9.97 Å². The molecular weight excluding hydrogens is 364 g/mol. The molecule has 0 saturated carbocycles. The number of likely N-dealkylation sites (N-methyl/N-ethyl adjacent to an activating group) is 1. The Morgan fingerprint density at radius 3 is 2.91 bits per heavy atom. The number of rotatable bonds is 2. The number of nitrogen functional groups attached to an aromatic ring is 1. The fourth-order valence-electron chi connectivity index (χ4n) is 2.42. The molecule has 5 nitrogen and oxygen atoms in total. The number of nitrogens with zero attached hydrogens (tertiary/aromatic N) is 3. The van der Waals surface area contributed by atoms with Gasteiger partial charge < -0.3 is 15.7 Å². The number of fused-ring (bicyclic) bond motifs is 1. The highest BCUT2D eigenvalue weighted by Gasteiger charge is 2.28. The third kappa shape index (κ3) is 2.49. The predicted octanol–water partition coefficient (Wildman–Crippen LogP) is 2.85. The minimum Gasteiger partial charge on any atom is -0.397 e. The van der Waals surface area contributed by atoms with Crippen molar-refractivity contribution in [1.29, 1.82) is 0 Å². The fourth-order valence-corrected chi connectivity index (χ4v) is 3.12. The molecule has 0 amide bonds. The lowest BCUT2D eigenvalue weighted by molar-refractivity contribution is 0.231. The lowest BCUT2D eigenvalue weighted by Crippen LogP contribution is -2.36. The van der Waals surface area contributed by atoms with Gasteiger partial charge in [0.1, 0.15) is 5.82 Å². The molecule has 1 aliphatic rings. The smallest absolute Gasteiger partial charge is 0.189 e. The van der Waals surface area contributed by atoms with Gasteiger partial charge in [-0.3, -0.25) is 0 Å². The Morgan fingerprint density at radius 1 is 1.41 bits per heavy atom. The van der Waals surface area contributed by atoms with Crippen molar-refractivity contribution in [3.05, 3.63) is 40.0 Å². The number of halogens is 1. The van der Waals surface area contributed by atoms with Crippen LogP contribution in [0.3, 0.4) is 0 Å². The minimum atomic E-state index is -0.811. The van der Waals surface area contributed by atoms with Crippen LogP contribution in [0.1, 0.15) is 11.1 Å². The van der Waals surface area contributed by atoms with Crippen LogP contribution < -0.4 is 10.6 Å². The number of aliphatic hydroxyl groups is 1. The average Bonchev–Trinajstić information content (AvgIpc) is 2.53. The number of aromatic nitrogens is 2. The second-order valence-corrected chi connectivity index (χ2v) is 6.55. The van der Waals surface area contributed by atoms with Crippen molar-refractivity contribution in [2.24, 2.45) is 0 Å². The first kappa shape index (κ1) is 15.3. The molecule has 0 spiro atoms. The molecule has 0 aliphatic carbocycles. The molecule has 7 heteroatoms. The summed E-state index contributed by atoms with van der Waals surface area (Å²) in [6, 6.07) is 5.66. The molecule has 1 atom stereocenters. The zero-order chi connectivity index (χ0) is 15.9. The second-order valence-electron chi connectivity index (χ2n) is 4.92. The quantitative estimate of drug-likeness (QED) is 0.475. The summed E-state index contributed by atoms with van der Waals surface area (Å²) in [4.78, 5) is 10.5. The van der Waals surface area contributed by atoms with Crippen molar-refractivity contribution in [2.45, 2.75) is 11.4 Å². The van der Waals surface area contributed by atoms with E-state index in [-0.39, 0.29) is 0 Å². The number of hydrogen-bond acceptors (Lipinski definition) is 6. The zero-order valence-corrected chi connectivity index (χ0v) is 14.5. The Morgan fingerprint density at radius 2 is 2.18 bits per heavy atom. The highest BCUT2D eigenvalue weighted by atomic mass is 79.9. The van der Waals surface area contributed by atoms with Crippen LogP contribution in [0.2, 0.25) is 0 Å². The highest BCUT2D eigenvalue weighted by molar-refractivity contribution is 9.10. The highest BCUT2D eigenvalue weighted by Crippen LogP contribution is 2.38. The number of hydrogen-bond donors (Lipinski definition) is 2. The number of para-hydroxylation sites is 1. The van der Waals surface area contributed by atoms with Crippen molar-refractivity contribution in [3.8, 4) is 0 Å². The normalized spacial score (nSPS) is 17.2. The van der Waals surface area contributed by atoms with Gasteiger partial charge in [-0.2, -0.15) is 0 Å². The molecule has 3 N–H and O–H groups in total. The van der Waals surface area contributed by atoms with Crippen molar-refractivity contribution < 1.29 is 5.11 Å². The number of nitrogens with two attached hydrogens (primary N) is 1. The van der Waals surface area contributed by atoms with E-state index in [1.54, 1.807) is 11.1 Å². The molecule has 3 rings (SSSR count). The lowest BCUT2D eigenvalue weighted by Gasteiger charge is -2.32. The average molecular weight is 379 g/mol. The summed E-state index contributed by atoms with van der Waals surface area (Å²) in [6.07, 6.45) is 4.77. The summed E-state index contributed by atoms with van der Waals surface area (Å²) < 4.78 is 0.806. The third-order valence-electron chi connectivity index (χ3n) is 3.61. The molecule has 1 aliphatic heterocycles. The van der Waals surface area contributed by atoms with Gasteiger partial charge in [0.25, 0.3) is 0 Å². The van der Waals surface area contributed by atoms with E-state index in [1.807, 2.05) is 37.6 Å². The van der Waals surface area contributed by atoms with Gasteiger partial charge in [0.05, 0.1) is 5.69 Å². The van der Waals surface area contributed by atoms with Crippen molar-refractivity contribution in [3.63, 3.8) is 0 Å². The van der Waals surface area contributed by atoms with Gasteiger partial charge in [-0.05, 0) is 34.3 Å². The Kier molecular flexibility index (Phi) is 4.12. The van der Waals surface area contributed by atoms with Gasteiger partial charge in [-0.1, -0.05) is 23.9 Å². The van der Waals surface area contributed by atoms with Crippen LogP contribution >= 0.6 is 27.7 Å². The lowest BCUT2D eigenvalue weighted by atomic mass is 9.97. The number of anilines is 2. The summed E-state index contributed by atoms with van der Waals surface area (Å²) in [5.41, 5.74) is 9.13. The molecule has 0 radical (unpaired) electrons. The van der Waals surface area contributed by atoms with Crippen molar-refractivity contribution in [1.82, 2.24) is 9.97 Å². The molecule has 114 valence electrons. The molecule has 1 aromatic heterocycles. The van der Waals surface area contributed by atoms with Crippen LogP contribution in [0.5, 0.6) is 0 Å². The monoisotopic (exact) mass is 378 g/mol. The van der Waals surface area contributed by atoms with Gasteiger partial charge in [-0.15, -0.1) is 0 Å². The summed E-state index contributed by atoms with van der Waals surface area (Å²) in [7, 11) is 1.81. The van der Waals surface area contributed by atoms with Gasteiger partial charge >= 0.3 is 0 Å². The molecule has 0 saturated heterocycles.